The summed E-state index contributed by atoms with van der Waals surface area (Å²) in [7, 11) is 0. The van der Waals surface area contributed by atoms with E-state index in [1.165, 1.54) is 22.5 Å². The summed E-state index contributed by atoms with van der Waals surface area (Å²) >= 11 is 7.56. The lowest BCUT2D eigenvalue weighted by Crippen LogP contribution is -3.14. The number of furan rings is 1. The molecule has 0 atom stereocenters. The van der Waals surface area contributed by atoms with Gasteiger partial charge in [0.25, 0.3) is 5.91 Å². The van der Waals surface area contributed by atoms with Crippen molar-refractivity contribution in [1.82, 2.24) is 4.98 Å². The Bertz CT molecular complexity index is 906. The molecule has 6 nitrogen and oxygen atoms in total. The Labute approximate surface area is 166 Å². The van der Waals surface area contributed by atoms with E-state index < -0.39 is 0 Å². The average Bonchev–Trinajstić information content (AvgIpc) is 3.35. The van der Waals surface area contributed by atoms with E-state index in [1.807, 2.05) is 18.2 Å². The van der Waals surface area contributed by atoms with Crippen LogP contribution in [0, 0.1) is 0 Å². The summed E-state index contributed by atoms with van der Waals surface area (Å²) in [5.74, 6) is 0.160. The fourth-order valence-electron chi connectivity index (χ4n) is 3.22. The second-order valence-electron chi connectivity index (χ2n) is 6.51. The first-order valence-corrected chi connectivity index (χ1v) is 10.2. The molecule has 0 spiro atoms. The van der Waals surface area contributed by atoms with Crippen molar-refractivity contribution in [3.63, 3.8) is 0 Å². The number of fused-ring (bicyclic) bond motifs is 1. The molecule has 1 aliphatic heterocycles. The van der Waals surface area contributed by atoms with E-state index in [0.717, 1.165) is 49.5 Å². The zero-order valence-corrected chi connectivity index (χ0v) is 16.4. The second kappa shape index (κ2) is 8.39. The fourth-order valence-corrected chi connectivity index (χ4v) is 4.48. The lowest BCUT2D eigenvalue weighted by Gasteiger charge is -2.25. The standard InChI is InChI=1S/C19H20ClN3O3S/c20-14-4-5-15-17(13-14)27-19(21-15)23(18(24)16-3-1-10-26-16)7-2-6-22-8-11-25-12-9-22/h1,3-5,10,13H,2,6-9,11-12H2/p+1. The lowest BCUT2D eigenvalue weighted by molar-refractivity contribution is -0.908. The molecule has 0 unspecified atom stereocenters. The van der Waals surface area contributed by atoms with Gasteiger partial charge in [-0.2, -0.15) is 0 Å². The van der Waals surface area contributed by atoms with E-state index in [1.54, 1.807) is 17.0 Å². The number of ether oxygens (including phenoxy) is 1. The van der Waals surface area contributed by atoms with Gasteiger partial charge in [0.15, 0.2) is 10.9 Å². The van der Waals surface area contributed by atoms with Gasteiger partial charge < -0.3 is 14.1 Å². The number of carbonyl (C=O) groups is 1. The number of thiazole rings is 1. The molecular weight excluding hydrogens is 386 g/mol. The van der Waals surface area contributed by atoms with Crippen LogP contribution in [0.2, 0.25) is 5.02 Å². The van der Waals surface area contributed by atoms with Crippen LogP contribution in [0.4, 0.5) is 5.13 Å². The predicted molar refractivity (Wildman–Crippen MR) is 106 cm³/mol. The van der Waals surface area contributed by atoms with E-state index in [4.69, 9.17) is 20.8 Å². The number of quaternary nitrogens is 1. The summed E-state index contributed by atoms with van der Waals surface area (Å²) < 4.78 is 11.7. The van der Waals surface area contributed by atoms with Gasteiger partial charge in [-0.05, 0) is 30.3 Å². The van der Waals surface area contributed by atoms with Crippen LogP contribution in [0.15, 0.2) is 41.0 Å². The van der Waals surface area contributed by atoms with Crippen LogP contribution < -0.4 is 9.80 Å². The van der Waals surface area contributed by atoms with Crippen LogP contribution in [-0.2, 0) is 4.74 Å². The zero-order chi connectivity index (χ0) is 18.6. The molecule has 2 aromatic heterocycles. The molecular formula is C19H21ClN3O3S+. The van der Waals surface area contributed by atoms with Gasteiger partial charge in [-0.1, -0.05) is 22.9 Å². The summed E-state index contributed by atoms with van der Waals surface area (Å²) in [6.45, 7) is 5.25. The monoisotopic (exact) mass is 406 g/mol. The Kier molecular flexibility index (Phi) is 5.73. The molecule has 1 saturated heterocycles. The van der Waals surface area contributed by atoms with E-state index in [-0.39, 0.29) is 5.91 Å². The number of benzene rings is 1. The number of morpholine rings is 1. The van der Waals surface area contributed by atoms with E-state index in [2.05, 4.69) is 4.98 Å². The first-order valence-electron chi connectivity index (χ1n) is 9.03. The molecule has 3 heterocycles. The van der Waals surface area contributed by atoms with E-state index in [9.17, 15) is 4.79 Å². The summed E-state index contributed by atoms with van der Waals surface area (Å²) in [6, 6.07) is 8.98. The van der Waals surface area contributed by atoms with Crippen molar-refractivity contribution in [2.45, 2.75) is 6.42 Å². The predicted octanol–water partition coefficient (Wildman–Crippen LogP) is 2.49. The van der Waals surface area contributed by atoms with Gasteiger partial charge in [-0.25, -0.2) is 4.98 Å². The number of rotatable bonds is 6. The Morgan fingerprint density at radius 1 is 1.30 bits per heavy atom. The summed E-state index contributed by atoms with van der Waals surface area (Å²) in [4.78, 5) is 20.9. The number of anilines is 1. The maximum absolute atomic E-state index is 13.0. The molecule has 1 amide bonds. The average molecular weight is 407 g/mol. The van der Waals surface area contributed by atoms with Crippen molar-refractivity contribution in [3.8, 4) is 0 Å². The largest absolute Gasteiger partial charge is 0.459 e. The highest BCUT2D eigenvalue weighted by Crippen LogP contribution is 2.31. The van der Waals surface area contributed by atoms with Crippen LogP contribution >= 0.6 is 22.9 Å². The molecule has 4 rings (SSSR count). The summed E-state index contributed by atoms with van der Waals surface area (Å²) in [5, 5.41) is 1.34. The van der Waals surface area contributed by atoms with Crippen molar-refractivity contribution in [1.29, 1.82) is 0 Å². The van der Waals surface area contributed by atoms with E-state index >= 15 is 0 Å². The first kappa shape index (κ1) is 18.4. The Hall–Kier alpha value is -1.93. The number of carbonyl (C=O) groups excluding carboxylic acids is 1. The number of aromatic nitrogens is 1. The molecule has 0 aliphatic carbocycles. The van der Waals surface area contributed by atoms with Gasteiger partial charge in [0.1, 0.15) is 13.1 Å². The molecule has 0 bridgehead atoms. The molecule has 1 N–H and O–H groups in total. The van der Waals surface area contributed by atoms with Crippen molar-refractivity contribution < 1.29 is 18.8 Å². The van der Waals surface area contributed by atoms with Gasteiger partial charge in [-0.3, -0.25) is 9.69 Å². The van der Waals surface area contributed by atoms with Crippen molar-refractivity contribution in [2.75, 3.05) is 44.3 Å². The van der Waals surface area contributed by atoms with Crippen LogP contribution in [0.5, 0.6) is 0 Å². The van der Waals surface area contributed by atoms with Crippen molar-refractivity contribution in [3.05, 3.63) is 47.4 Å². The molecule has 0 saturated carbocycles. The third kappa shape index (κ3) is 4.32. The molecule has 3 aromatic rings. The Balaban J connectivity index is 1.53. The molecule has 0 radical (unpaired) electrons. The van der Waals surface area contributed by atoms with Gasteiger partial charge in [0.2, 0.25) is 0 Å². The molecule has 1 aliphatic rings. The molecule has 142 valence electrons. The smallest absolute Gasteiger partial charge is 0.295 e. The van der Waals surface area contributed by atoms with Crippen LogP contribution in [0.25, 0.3) is 10.2 Å². The van der Waals surface area contributed by atoms with Crippen molar-refractivity contribution >= 4 is 44.2 Å². The molecule has 27 heavy (non-hydrogen) atoms. The minimum Gasteiger partial charge on any atom is -0.459 e. The van der Waals surface area contributed by atoms with Gasteiger partial charge in [0, 0.05) is 18.0 Å². The summed E-state index contributed by atoms with van der Waals surface area (Å²) in [6.07, 6.45) is 2.40. The Morgan fingerprint density at radius 2 is 2.15 bits per heavy atom. The topological polar surface area (TPSA) is 60.0 Å². The fraction of sp³-hybridized carbons (Fsp3) is 0.368. The highest BCUT2D eigenvalue weighted by molar-refractivity contribution is 7.22. The van der Waals surface area contributed by atoms with Gasteiger partial charge >= 0.3 is 0 Å². The normalized spacial score (nSPS) is 15.3. The number of nitrogens with one attached hydrogen (secondary N) is 1. The van der Waals surface area contributed by atoms with Crippen LogP contribution in [-0.4, -0.2) is 50.3 Å². The highest BCUT2D eigenvalue weighted by atomic mass is 35.5. The van der Waals surface area contributed by atoms with Gasteiger partial charge in [0.05, 0.1) is 36.2 Å². The van der Waals surface area contributed by atoms with Crippen LogP contribution in [0.1, 0.15) is 17.0 Å². The van der Waals surface area contributed by atoms with Crippen LogP contribution in [0.3, 0.4) is 0 Å². The molecule has 1 fully saturated rings. The lowest BCUT2D eigenvalue weighted by atomic mass is 10.3. The SMILES string of the molecule is O=C(c1ccco1)N(CCC[NH+]1CCOCC1)c1nc2ccc(Cl)cc2s1. The van der Waals surface area contributed by atoms with Gasteiger partial charge in [-0.15, -0.1) is 0 Å². The quantitative estimate of drug-likeness (QED) is 0.683. The minimum atomic E-state index is -0.165. The third-order valence-corrected chi connectivity index (χ3v) is 5.94. The molecule has 1 aromatic carbocycles. The summed E-state index contributed by atoms with van der Waals surface area (Å²) in [5.41, 5.74) is 0.843. The number of halogens is 1. The maximum atomic E-state index is 13.0. The number of hydrogen-bond donors (Lipinski definition) is 1. The number of amides is 1. The maximum Gasteiger partial charge on any atom is 0.295 e. The van der Waals surface area contributed by atoms with E-state index in [0.29, 0.717) is 22.5 Å². The molecule has 8 heteroatoms. The number of nitrogens with zero attached hydrogens (tertiary/aromatic N) is 2. The zero-order valence-electron chi connectivity index (χ0n) is 14.8. The first-order chi connectivity index (χ1) is 13.2. The highest BCUT2D eigenvalue weighted by Gasteiger charge is 2.24. The number of hydrogen-bond acceptors (Lipinski definition) is 5. The Morgan fingerprint density at radius 3 is 2.93 bits per heavy atom. The van der Waals surface area contributed by atoms with Crippen molar-refractivity contribution in [2.24, 2.45) is 0 Å². The second-order valence-corrected chi connectivity index (χ2v) is 7.95. The minimum absolute atomic E-state index is 0.165. The third-order valence-electron chi connectivity index (χ3n) is 4.66.